The van der Waals surface area contributed by atoms with E-state index in [1.54, 1.807) is 25.3 Å². The van der Waals surface area contributed by atoms with Crippen molar-refractivity contribution in [3.63, 3.8) is 0 Å². The third kappa shape index (κ3) is 4.73. The van der Waals surface area contributed by atoms with Crippen LogP contribution in [-0.4, -0.2) is 36.2 Å². The maximum absolute atomic E-state index is 10.0. The van der Waals surface area contributed by atoms with Crippen molar-refractivity contribution in [1.29, 1.82) is 0 Å². The summed E-state index contributed by atoms with van der Waals surface area (Å²) in [6, 6.07) is 13.5. The largest absolute Gasteiger partial charge is 0.508 e. The van der Waals surface area contributed by atoms with Crippen LogP contribution < -0.4 is 15.4 Å². The fraction of sp³-hybridized carbons (Fsp3) is 0.286. The number of aromatic amines is 1. The van der Waals surface area contributed by atoms with Gasteiger partial charge in [0.15, 0.2) is 5.96 Å². The highest BCUT2D eigenvalue weighted by Gasteiger charge is 2.05. The molecule has 0 saturated carbocycles. The number of H-pyrrole nitrogens is 1. The van der Waals surface area contributed by atoms with E-state index in [1.807, 2.05) is 13.0 Å². The van der Waals surface area contributed by atoms with Crippen molar-refractivity contribution in [2.45, 2.75) is 19.9 Å². The molecule has 0 amide bonds. The quantitative estimate of drug-likeness (QED) is 0.382. The average molecular weight is 366 g/mol. The van der Waals surface area contributed by atoms with E-state index < -0.39 is 0 Å². The molecule has 0 unspecified atom stereocenters. The molecule has 0 fully saturated rings. The first-order chi connectivity index (χ1) is 13.2. The van der Waals surface area contributed by atoms with E-state index in [1.165, 1.54) is 10.9 Å². The van der Waals surface area contributed by atoms with Crippen molar-refractivity contribution >= 4 is 16.9 Å². The monoisotopic (exact) mass is 366 g/mol. The van der Waals surface area contributed by atoms with Gasteiger partial charge in [0.05, 0.1) is 13.7 Å². The van der Waals surface area contributed by atoms with Gasteiger partial charge < -0.3 is 25.5 Å². The highest BCUT2D eigenvalue weighted by Crippen LogP contribution is 2.23. The van der Waals surface area contributed by atoms with E-state index in [-0.39, 0.29) is 5.75 Å². The minimum atomic E-state index is 0.217. The Kier molecular flexibility index (Phi) is 6.20. The Balaban J connectivity index is 1.62. The molecule has 1 heterocycles. The van der Waals surface area contributed by atoms with Crippen LogP contribution in [0.2, 0.25) is 0 Å². The first-order valence-corrected chi connectivity index (χ1v) is 9.14. The molecule has 0 saturated heterocycles. The Morgan fingerprint density at radius 2 is 2.00 bits per heavy atom. The first kappa shape index (κ1) is 18.6. The first-order valence-electron chi connectivity index (χ1n) is 9.14. The summed E-state index contributed by atoms with van der Waals surface area (Å²) >= 11 is 0. The number of phenols is 1. The number of aromatic hydroxyl groups is 1. The summed E-state index contributed by atoms with van der Waals surface area (Å²) < 4.78 is 5.21. The zero-order valence-electron chi connectivity index (χ0n) is 15.7. The Morgan fingerprint density at radius 1 is 1.15 bits per heavy atom. The predicted molar refractivity (Wildman–Crippen MR) is 109 cm³/mol. The lowest BCUT2D eigenvalue weighted by Gasteiger charge is -2.12. The van der Waals surface area contributed by atoms with Gasteiger partial charge in [0, 0.05) is 35.8 Å². The number of fused-ring (bicyclic) bond motifs is 1. The van der Waals surface area contributed by atoms with Crippen molar-refractivity contribution in [3.05, 3.63) is 59.8 Å². The number of ether oxygens (including phenoxy) is 1. The van der Waals surface area contributed by atoms with Gasteiger partial charge in [-0.15, -0.1) is 0 Å². The van der Waals surface area contributed by atoms with Crippen LogP contribution in [0.25, 0.3) is 10.9 Å². The van der Waals surface area contributed by atoms with Gasteiger partial charge in [-0.1, -0.05) is 18.2 Å². The van der Waals surface area contributed by atoms with E-state index in [9.17, 15) is 5.11 Å². The van der Waals surface area contributed by atoms with Crippen LogP contribution in [0, 0.1) is 0 Å². The van der Waals surface area contributed by atoms with Crippen molar-refractivity contribution < 1.29 is 9.84 Å². The van der Waals surface area contributed by atoms with Crippen molar-refractivity contribution in [2.24, 2.45) is 4.99 Å². The second kappa shape index (κ2) is 8.98. The lowest BCUT2D eigenvalue weighted by molar-refractivity contribution is 0.411. The molecule has 3 rings (SSSR count). The van der Waals surface area contributed by atoms with Gasteiger partial charge in [0.25, 0.3) is 0 Å². The zero-order chi connectivity index (χ0) is 19.1. The van der Waals surface area contributed by atoms with Gasteiger partial charge in [-0.05, 0) is 43.2 Å². The fourth-order valence-corrected chi connectivity index (χ4v) is 2.98. The molecule has 6 nitrogen and oxygen atoms in total. The molecular weight excluding hydrogens is 340 g/mol. The number of nitrogens with one attached hydrogen (secondary N) is 3. The van der Waals surface area contributed by atoms with Crippen molar-refractivity contribution in [3.8, 4) is 11.5 Å². The van der Waals surface area contributed by atoms with Gasteiger partial charge in [0.2, 0.25) is 0 Å². The molecule has 0 aliphatic heterocycles. The van der Waals surface area contributed by atoms with E-state index in [2.05, 4.69) is 45.0 Å². The molecule has 2 aromatic carbocycles. The van der Waals surface area contributed by atoms with Crippen molar-refractivity contribution in [2.75, 3.05) is 20.2 Å². The van der Waals surface area contributed by atoms with E-state index in [0.717, 1.165) is 36.6 Å². The van der Waals surface area contributed by atoms with E-state index >= 15 is 0 Å². The minimum Gasteiger partial charge on any atom is -0.508 e. The molecule has 0 bridgehead atoms. The smallest absolute Gasteiger partial charge is 0.191 e. The predicted octanol–water partition coefficient (Wildman–Crippen LogP) is 3.18. The number of phenolic OH excluding ortho intramolecular Hbond substituents is 1. The molecule has 27 heavy (non-hydrogen) atoms. The maximum atomic E-state index is 10.0. The molecule has 0 radical (unpaired) electrons. The van der Waals surface area contributed by atoms with Crippen LogP contribution in [0.4, 0.5) is 0 Å². The molecule has 0 atom stereocenters. The molecule has 3 aromatic rings. The van der Waals surface area contributed by atoms with Crippen LogP contribution in [0.5, 0.6) is 11.5 Å². The lowest BCUT2D eigenvalue weighted by Crippen LogP contribution is -2.38. The van der Waals surface area contributed by atoms with Crippen LogP contribution in [0.3, 0.4) is 0 Å². The van der Waals surface area contributed by atoms with Crippen LogP contribution >= 0.6 is 0 Å². The maximum Gasteiger partial charge on any atom is 0.191 e. The number of rotatable bonds is 7. The number of hydrogen-bond acceptors (Lipinski definition) is 3. The Morgan fingerprint density at radius 3 is 2.81 bits per heavy atom. The molecule has 0 spiro atoms. The third-order valence-corrected chi connectivity index (χ3v) is 4.40. The highest BCUT2D eigenvalue weighted by molar-refractivity contribution is 5.83. The summed E-state index contributed by atoms with van der Waals surface area (Å²) in [5, 5.41) is 17.8. The summed E-state index contributed by atoms with van der Waals surface area (Å²) in [5.41, 5.74) is 3.16. The summed E-state index contributed by atoms with van der Waals surface area (Å²) in [7, 11) is 1.61. The number of guanidine groups is 1. The number of methoxy groups -OCH3 is 1. The molecule has 1 aromatic heterocycles. The van der Waals surface area contributed by atoms with Gasteiger partial charge in [-0.2, -0.15) is 0 Å². The lowest BCUT2D eigenvalue weighted by atomic mass is 10.1. The molecule has 6 heteroatoms. The molecular formula is C21H26N4O2. The Bertz CT molecular complexity index is 917. The van der Waals surface area contributed by atoms with Gasteiger partial charge in [-0.3, -0.25) is 0 Å². The summed E-state index contributed by atoms with van der Waals surface area (Å²) in [5.74, 6) is 1.64. The number of para-hydroxylation sites is 1. The number of nitrogens with zero attached hydrogens (tertiary/aromatic N) is 1. The second-order valence-corrected chi connectivity index (χ2v) is 6.23. The summed E-state index contributed by atoms with van der Waals surface area (Å²) in [6.45, 7) is 3.92. The van der Waals surface area contributed by atoms with Gasteiger partial charge in [-0.25, -0.2) is 4.99 Å². The van der Waals surface area contributed by atoms with E-state index in [0.29, 0.717) is 12.3 Å². The minimum absolute atomic E-state index is 0.217. The second-order valence-electron chi connectivity index (χ2n) is 6.23. The molecule has 0 aliphatic rings. The van der Waals surface area contributed by atoms with Crippen LogP contribution in [-0.2, 0) is 13.0 Å². The summed E-state index contributed by atoms with van der Waals surface area (Å²) in [6.07, 6.45) is 2.95. The SMILES string of the molecule is CCNC(=NCc1cc(OC)ccc1O)NCCc1c[nH]c2ccccc12. The normalized spacial score (nSPS) is 11.6. The van der Waals surface area contributed by atoms with Crippen LogP contribution in [0.15, 0.2) is 53.7 Å². The van der Waals surface area contributed by atoms with Gasteiger partial charge in [0.1, 0.15) is 11.5 Å². The average Bonchev–Trinajstić information content (AvgIpc) is 3.10. The van der Waals surface area contributed by atoms with Crippen LogP contribution in [0.1, 0.15) is 18.1 Å². The number of benzene rings is 2. The molecule has 0 aliphatic carbocycles. The highest BCUT2D eigenvalue weighted by atomic mass is 16.5. The molecule has 4 N–H and O–H groups in total. The zero-order valence-corrected chi connectivity index (χ0v) is 15.7. The summed E-state index contributed by atoms with van der Waals surface area (Å²) in [4.78, 5) is 7.87. The Hall–Kier alpha value is -3.15. The fourth-order valence-electron chi connectivity index (χ4n) is 2.98. The number of aromatic nitrogens is 1. The number of aliphatic imine (C=N–C) groups is 1. The topological polar surface area (TPSA) is 81.7 Å². The third-order valence-electron chi connectivity index (χ3n) is 4.40. The standard InChI is InChI=1S/C21H26N4O2/c1-3-22-21(25-14-16-12-17(27-2)8-9-20(16)26)23-11-10-15-13-24-19-7-5-4-6-18(15)19/h4-9,12-13,24,26H,3,10-11,14H2,1-2H3,(H2,22,23,25). The van der Waals surface area contributed by atoms with E-state index in [4.69, 9.17) is 4.74 Å². The number of hydrogen-bond donors (Lipinski definition) is 4. The molecule has 142 valence electrons. The van der Waals surface area contributed by atoms with Gasteiger partial charge >= 0.3 is 0 Å². The van der Waals surface area contributed by atoms with Crippen molar-refractivity contribution in [1.82, 2.24) is 15.6 Å². The Labute approximate surface area is 159 Å².